The monoisotopic (exact) mass is 172 g/mol. The molecule has 0 fully saturated rings. The third-order valence-corrected chi connectivity index (χ3v) is 2.11. The van der Waals surface area contributed by atoms with Gasteiger partial charge in [0.25, 0.3) is 0 Å². The molecular weight excluding hydrogens is 150 g/mol. The summed E-state index contributed by atoms with van der Waals surface area (Å²) in [5.74, 6) is 0. The van der Waals surface area contributed by atoms with Gasteiger partial charge in [-0.3, -0.25) is 0 Å². The lowest BCUT2D eigenvalue weighted by Crippen LogP contribution is -2.16. The predicted molar refractivity (Wildman–Crippen MR) is 54.0 cm³/mol. The van der Waals surface area contributed by atoms with Crippen molar-refractivity contribution in [1.82, 2.24) is 5.06 Å². The molecule has 0 aromatic heterocycles. The van der Waals surface area contributed by atoms with Crippen LogP contribution in [-0.2, 0) is 0 Å². The summed E-state index contributed by atoms with van der Waals surface area (Å²) in [6.07, 6.45) is 7.56. The molecule has 0 spiro atoms. The number of hydrogen-bond acceptors (Lipinski definition) is 2. The van der Waals surface area contributed by atoms with Crippen LogP contribution in [0.25, 0.3) is 0 Å². The number of hydrogen-bond donors (Lipinski definition) is 0. The van der Waals surface area contributed by atoms with Gasteiger partial charge in [0.1, 0.15) is 0 Å². The molecule has 0 amide bonds. The first-order chi connectivity index (χ1) is 5.81. The van der Waals surface area contributed by atoms with Crippen LogP contribution in [0, 0.1) is 5.21 Å². The fourth-order valence-corrected chi connectivity index (χ4v) is 1.23. The largest absolute Gasteiger partial charge is 0.785 e. The van der Waals surface area contributed by atoms with Gasteiger partial charge < -0.3 is 10.3 Å². The van der Waals surface area contributed by atoms with E-state index in [4.69, 9.17) is 0 Å². The number of hydroxylamine groups is 2. The molecule has 74 valence electrons. The molecule has 0 aliphatic carbocycles. The van der Waals surface area contributed by atoms with E-state index in [0.717, 1.165) is 18.0 Å². The summed E-state index contributed by atoms with van der Waals surface area (Å²) in [6.45, 7) is 5.48. The lowest BCUT2D eigenvalue weighted by atomic mass is 10.1. The fraction of sp³-hybridized carbons (Fsp3) is 1.00. The minimum Gasteiger partial charge on any atom is -0.785 e. The van der Waals surface area contributed by atoms with E-state index < -0.39 is 0 Å². The molecule has 0 saturated heterocycles. The lowest BCUT2D eigenvalue weighted by Gasteiger charge is -2.25. The summed E-state index contributed by atoms with van der Waals surface area (Å²) >= 11 is 0. The molecule has 0 aromatic rings. The Morgan fingerprint density at radius 2 is 1.50 bits per heavy atom. The maximum absolute atomic E-state index is 10.8. The first kappa shape index (κ1) is 11.9. The molecule has 0 aliphatic heterocycles. The van der Waals surface area contributed by atoms with Crippen LogP contribution >= 0.6 is 0 Å². The van der Waals surface area contributed by atoms with Crippen molar-refractivity contribution in [1.29, 1.82) is 0 Å². The molecule has 0 aliphatic rings. The van der Waals surface area contributed by atoms with Gasteiger partial charge in [-0.2, -0.15) is 0 Å². The Balaban J connectivity index is 2.90. The van der Waals surface area contributed by atoms with Crippen molar-refractivity contribution in [2.24, 2.45) is 0 Å². The van der Waals surface area contributed by atoms with Crippen LogP contribution in [0.15, 0.2) is 0 Å². The van der Waals surface area contributed by atoms with Gasteiger partial charge in [0, 0.05) is 0 Å². The second kappa shape index (κ2) is 9.01. The van der Waals surface area contributed by atoms with Crippen molar-refractivity contribution < 1.29 is 0 Å². The van der Waals surface area contributed by atoms with E-state index >= 15 is 0 Å². The van der Waals surface area contributed by atoms with Gasteiger partial charge in [0.2, 0.25) is 0 Å². The fourth-order valence-electron chi connectivity index (χ4n) is 1.23. The molecule has 0 saturated carbocycles. The van der Waals surface area contributed by atoms with E-state index in [9.17, 15) is 5.21 Å². The van der Waals surface area contributed by atoms with E-state index in [1.807, 2.05) is 6.92 Å². The Labute approximate surface area is 76.5 Å². The average Bonchev–Trinajstić information content (AvgIpc) is 2.10. The zero-order valence-electron chi connectivity index (χ0n) is 8.51. The van der Waals surface area contributed by atoms with Crippen LogP contribution < -0.4 is 0 Å². The highest BCUT2D eigenvalue weighted by atomic mass is 16.5. The normalized spacial score (nSPS) is 11.0. The number of nitrogens with zero attached hydrogens (tertiary/aromatic N) is 1. The van der Waals surface area contributed by atoms with Gasteiger partial charge in [-0.15, -0.1) is 0 Å². The highest BCUT2D eigenvalue weighted by molar-refractivity contribution is 4.54. The second-order valence-corrected chi connectivity index (χ2v) is 3.29. The zero-order valence-corrected chi connectivity index (χ0v) is 8.51. The molecule has 0 heterocycles. The molecule has 0 bridgehead atoms. The van der Waals surface area contributed by atoms with Crippen LogP contribution in [0.5, 0.6) is 0 Å². The van der Waals surface area contributed by atoms with Gasteiger partial charge in [-0.1, -0.05) is 46.0 Å². The highest BCUT2D eigenvalue weighted by Crippen LogP contribution is 2.05. The molecule has 2 nitrogen and oxygen atoms in total. The van der Waals surface area contributed by atoms with E-state index in [-0.39, 0.29) is 0 Å². The Morgan fingerprint density at radius 3 is 2.08 bits per heavy atom. The minimum absolute atomic E-state index is 0.634. The molecule has 12 heavy (non-hydrogen) atoms. The maximum Gasteiger partial charge on any atom is -0.0145 e. The van der Waals surface area contributed by atoms with E-state index in [1.165, 1.54) is 32.1 Å². The topological polar surface area (TPSA) is 26.3 Å². The van der Waals surface area contributed by atoms with Crippen molar-refractivity contribution in [3.05, 3.63) is 5.21 Å². The van der Waals surface area contributed by atoms with Crippen LogP contribution in [-0.4, -0.2) is 18.2 Å². The Hall–Kier alpha value is -0.0800. The SMILES string of the molecule is CCCCCCCCN([O-])CC. The molecule has 0 aromatic carbocycles. The summed E-state index contributed by atoms with van der Waals surface area (Å²) in [6, 6.07) is 0. The van der Waals surface area contributed by atoms with Crippen molar-refractivity contribution in [3.8, 4) is 0 Å². The van der Waals surface area contributed by atoms with Gasteiger partial charge >= 0.3 is 0 Å². The molecule has 0 radical (unpaired) electrons. The van der Waals surface area contributed by atoms with Gasteiger partial charge in [0.15, 0.2) is 0 Å². The average molecular weight is 172 g/mol. The van der Waals surface area contributed by atoms with Crippen LogP contribution in [0.1, 0.15) is 52.4 Å². The molecule has 0 rings (SSSR count). The van der Waals surface area contributed by atoms with E-state index in [1.54, 1.807) is 0 Å². The second-order valence-electron chi connectivity index (χ2n) is 3.29. The summed E-state index contributed by atoms with van der Waals surface area (Å²) in [5, 5.41) is 12.0. The quantitative estimate of drug-likeness (QED) is 0.415. The predicted octanol–water partition coefficient (Wildman–Crippen LogP) is 3.17. The standard InChI is InChI=1S/C10H22NO/c1-3-5-6-7-8-9-10-11(12)4-2/h3-10H2,1-2H3/q-1. The lowest BCUT2D eigenvalue weighted by molar-refractivity contribution is 0.381. The van der Waals surface area contributed by atoms with Gasteiger partial charge in [0.05, 0.1) is 0 Å². The third kappa shape index (κ3) is 8.02. The van der Waals surface area contributed by atoms with Crippen LogP contribution in [0.2, 0.25) is 0 Å². The van der Waals surface area contributed by atoms with E-state index in [0.29, 0.717) is 6.54 Å². The molecular formula is C10H22NO-. The maximum atomic E-state index is 10.8. The Bertz CT molecular complexity index is 85.9. The molecule has 0 unspecified atom stereocenters. The summed E-state index contributed by atoms with van der Waals surface area (Å²) in [5.41, 5.74) is 0. The van der Waals surface area contributed by atoms with Crippen molar-refractivity contribution >= 4 is 0 Å². The minimum atomic E-state index is 0.634. The first-order valence-electron chi connectivity index (χ1n) is 5.23. The smallest absolute Gasteiger partial charge is 0.0145 e. The Morgan fingerprint density at radius 1 is 0.917 bits per heavy atom. The molecule has 2 heteroatoms. The van der Waals surface area contributed by atoms with Crippen molar-refractivity contribution in [2.45, 2.75) is 52.4 Å². The van der Waals surface area contributed by atoms with Crippen LogP contribution in [0.4, 0.5) is 0 Å². The Kier molecular flexibility index (Phi) is 8.95. The highest BCUT2D eigenvalue weighted by Gasteiger charge is 1.90. The third-order valence-electron chi connectivity index (χ3n) is 2.11. The summed E-state index contributed by atoms with van der Waals surface area (Å²) < 4.78 is 0. The van der Waals surface area contributed by atoms with Crippen LogP contribution in [0.3, 0.4) is 0 Å². The van der Waals surface area contributed by atoms with Crippen molar-refractivity contribution in [2.75, 3.05) is 13.1 Å². The van der Waals surface area contributed by atoms with Gasteiger partial charge in [-0.25, -0.2) is 0 Å². The number of unbranched alkanes of at least 4 members (excludes halogenated alkanes) is 5. The zero-order chi connectivity index (χ0) is 9.23. The van der Waals surface area contributed by atoms with Gasteiger partial charge in [-0.05, 0) is 19.5 Å². The van der Waals surface area contributed by atoms with Crippen molar-refractivity contribution in [3.63, 3.8) is 0 Å². The summed E-state index contributed by atoms with van der Waals surface area (Å²) in [4.78, 5) is 0. The van der Waals surface area contributed by atoms with E-state index in [2.05, 4.69) is 6.92 Å². The first-order valence-corrected chi connectivity index (χ1v) is 5.23. The molecule has 0 atom stereocenters. The molecule has 0 N–H and O–H groups in total. The number of rotatable bonds is 8. The summed E-state index contributed by atoms with van der Waals surface area (Å²) in [7, 11) is 0.